The number of nitro groups is 1. The fourth-order valence-electron chi connectivity index (χ4n) is 2.18. The Kier molecular flexibility index (Phi) is 3.82. The van der Waals surface area contributed by atoms with Gasteiger partial charge in [0, 0.05) is 24.0 Å². The van der Waals surface area contributed by atoms with Crippen molar-refractivity contribution >= 4 is 17.1 Å². The Morgan fingerprint density at radius 3 is 2.86 bits per heavy atom. The summed E-state index contributed by atoms with van der Waals surface area (Å²) in [5.41, 5.74) is 2.35. The lowest BCUT2D eigenvalue weighted by molar-refractivity contribution is -0.400. The molecule has 0 amide bonds. The van der Waals surface area contributed by atoms with Crippen LogP contribution in [-0.4, -0.2) is 14.9 Å². The minimum absolute atomic E-state index is 0.420. The maximum Gasteiger partial charge on any atom is 0.235 e. The van der Waals surface area contributed by atoms with Crippen molar-refractivity contribution in [3.63, 3.8) is 0 Å². The van der Waals surface area contributed by atoms with E-state index in [-0.39, 0.29) is 0 Å². The van der Waals surface area contributed by atoms with Gasteiger partial charge in [0.05, 0.1) is 10.3 Å². The number of hydrogen-bond acceptors (Lipinski definition) is 4. The molecule has 2 heterocycles. The summed E-state index contributed by atoms with van der Waals surface area (Å²) in [5, 5.41) is 11.2. The standard InChI is InChI=1S/C16H13N3O3/c20-19(21)9-7-13-10-18-16-15(13)14(6-8-17-16)22-11-12-4-2-1-3-5-12/h1-10H,11H2,(H,17,18). The number of nitrogens with zero attached hydrogens (tertiary/aromatic N) is 2. The summed E-state index contributed by atoms with van der Waals surface area (Å²) in [5.74, 6) is 0.637. The quantitative estimate of drug-likeness (QED) is 0.578. The van der Waals surface area contributed by atoms with Crippen LogP contribution in [0.2, 0.25) is 0 Å². The van der Waals surface area contributed by atoms with Crippen LogP contribution >= 0.6 is 0 Å². The van der Waals surface area contributed by atoms with Gasteiger partial charge in [-0.1, -0.05) is 30.3 Å². The molecule has 0 unspecified atom stereocenters. The molecule has 0 radical (unpaired) electrons. The van der Waals surface area contributed by atoms with E-state index in [2.05, 4.69) is 9.97 Å². The third kappa shape index (κ3) is 2.95. The normalized spacial score (nSPS) is 11.1. The number of rotatable bonds is 5. The first-order chi connectivity index (χ1) is 10.7. The fraction of sp³-hybridized carbons (Fsp3) is 0.0625. The molecule has 3 aromatic rings. The monoisotopic (exact) mass is 295 g/mol. The summed E-state index contributed by atoms with van der Waals surface area (Å²) in [6.07, 6.45) is 5.64. The van der Waals surface area contributed by atoms with Crippen LogP contribution in [-0.2, 0) is 6.61 Å². The summed E-state index contributed by atoms with van der Waals surface area (Å²) < 4.78 is 5.85. The number of benzene rings is 1. The van der Waals surface area contributed by atoms with Gasteiger partial charge in [-0.2, -0.15) is 0 Å². The molecule has 0 spiro atoms. The van der Waals surface area contributed by atoms with Gasteiger partial charge in [-0.25, -0.2) is 4.98 Å². The highest BCUT2D eigenvalue weighted by atomic mass is 16.6. The summed E-state index contributed by atoms with van der Waals surface area (Å²) in [7, 11) is 0. The van der Waals surface area contributed by atoms with Crippen LogP contribution in [0.4, 0.5) is 0 Å². The highest BCUT2D eigenvalue weighted by molar-refractivity contribution is 5.91. The highest BCUT2D eigenvalue weighted by Crippen LogP contribution is 2.28. The zero-order valence-corrected chi connectivity index (χ0v) is 11.6. The Morgan fingerprint density at radius 1 is 1.27 bits per heavy atom. The summed E-state index contributed by atoms with van der Waals surface area (Å²) in [4.78, 5) is 17.2. The Balaban J connectivity index is 1.91. The number of pyridine rings is 1. The maximum atomic E-state index is 10.5. The van der Waals surface area contributed by atoms with Gasteiger partial charge in [-0.05, 0) is 11.6 Å². The predicted molar refractivity (Wildman–Crippen MR) is 82.9 cm³/mol. The lowest BCUT2D eigenvalue weighted by atomic mass is 10.2. The topological polar surface area (TPSA) is 81.0 Å². The minimum atomic E-state index is -0.500. The summed E-state index contributed by atoms with van der Waals surface area (Å²) in [6, 6.07) is 11.5. The van der Waals surface area contributed by atoms with Crippen molar-refractivity contribution < 1.29 is 9.66 Å². The van der Waals surface area contributed by atoms with Crippen LogP contribution < -0.4 is 4.74 Å². The van der Waals surface area contributed by atoms with Gasteiger partial charge in [0.15, 0.2) is 0 Å². The number of aromatic amines is 1. The molecule has 3 rings (SSSR count). The number of ether oxygens (including phenoxy) is 1. The molecule has 1 N–H and O–H groups in total. The van der Waals surface area contributed by atoms with Crippen molar-refractivity contribution in [3.8, 4) is 5.75 Å². The smallest absolute Gasteiger partial charge is 0.235 e. The zero-order valence-electron chi connectivity index (χ0n) is 11.6. The Labute approximate surface area is 126 Å². The van der Waals surface area contributed by atoms with Gasteiger partial charge < -0.3 is 9.72 Å². The maximum absolute atomic E-state index is 10.5. The lowest BCUT2D eigenvalue weighted by Crippen LogP contribution is -1.96. The van der Waals surface area contributed by atoms with E-state index in [1.807, 2.05) is 30.3 Å². The molecule has 22 heavy (non-hydrogen) atoms. The van der Waals surface area contributed by atoms with Gasteiger partial charge in [-0.3, -0.25) is 10.1 Å². The second-order valence-electron chi connectivity index (χ2n) is 4.65. The predicted octanol–water partition coefficient (Wildman–Crippen LogP) is 3.39. The molecule has 0 fully saturated rings. The molecule has 1 aromatic carbocycles. The van der Waals surface area contributed by atoms with Gasteiger partial charge >= 0.3 is 0 Å². The summed E-state index contributed by atoms with van der Waals surface area (Å²) in [6.45, 7) is 0.420. The van der Waals surface area contributed by atoms with E-state index in [1.165, 1.54) is 6.08 Å². The largest absolute Gasteiger partial charge is 0.488 e. The van der Waals surface area contributed by atoms with E-state index in [9.17, 15) is 10.1 Å². The van der Waals surface area contributed by atoms with Crippen LogP contribution in [0.25, 0.3) is 17.1 Å². The number of hydrogen-bond donors (Lipinski definition) is 1. The van der Waals surface area contributed by atoms with Crippen molar-refractivity contribution in [3.05, 3.63) is 76.2 Å². The SMILES string of the molecule is O=[N+]([O-])C=Cc1c[nH]c2nccc(OCc3ccccc3)c12. The molecule has 6 heteroatoms. The first-order valence-corrected chi connectivity index (χ1v) is 6.68. The van der Waals surface area contributed by atoms with Crippen LogP contribution in [0.5, 0.6) is 5.75 Å². The van der Waals surface area contributed by atoms with E-state index < -0.39 is 4.92 Å². The van der Waals surface area contributed by atoms with Gasteiger partial charge in [0.1, 0.15) is 18.0 Å². The molecule has 6 nitrogen and oxygen atoms in total. The first kappa shape index (κ1) is 13.8. The summed E-state index contributed by atoms with van der Waals surface area (Å²) >= 11 is 0. The third-order valence-corrected chi connectivity index (χ3v) is 3.18. The second-order valence-corrected chi connectivity index (χ2v) is 4.65. The molecule has 2 aromatic heterocycles. The average Bonchev–Trinajstić information content (AvgIpc) is 2.96. The van der Waals surface area contributed by atoms with E-state index in [1.54, 1.807) is 18.5 Å². The van der Waals surface area contributed by atoms with E-state index in [4.69, 9.17) is 4.74 Å². The number of H-pyrrole nitrogens is 1. The lowest BCUT2D eigenvalue weighted by Gasteiger charge is -2.07. The van der Waals surface area contributed by atoms with Gasteiger partial charge in [-0.15, -0.1) is 0 Å². The molecular weight excluding hydrogens is 282 g/mol. The van der Waals surface area contributed by atoms with E-state index in [0.717, 1.165) is 17.1 Å². The zero-order chi connectivity index (χ0) is 15.4. The fourth-order valence-corrected chi connectivity index (χ4v) is 2.18. The highest BCUT2D eigenvalue weighted by Gasteiger charge is 2.10. The molecule has 0 aliphatic heterocycles. The minimum Gasteiger partial charge on any atom is -0.488 e. The van der Waals surface area contributed by atoms with Crippen molar-refractivity contribution in [1.29, 1.82) is 0 Å². The number of fused-ring (bicyclic) bond motifs is 1. The molecule has 0 aliphatic rings. The van der Waals surface area contributed by atoms with E-state index >= 15 is 0 Å². The molecule has 110 valence electrons. The van der Waals surface area contributed by atoms with Gasteiger partial charge in [0.25, 0.3) is 0 Å². The van der Waals surface area contributed by atoms with Crippen LogP contribution in [0.15, 0.2) is 55.0 Å². The molecular formula is C16H13N3O3. The molecule has 0 saturated carbocycles. The second kappa shape index (κ2) is 6.09. The Morgan fingerprint density at radius 2 is 2.09 bits per heavy atom. The van der Waals surface area contributed by atoms with Crippen LogP contribution in [0.1, 0.15) is 11.1 Å². The van der Waals surface area contributed by atoms with Gasteiger partial charge in [0.2, 0.25) is 6.20 Å². The Hall–Kier alpha value is -3.15. The third-order valence-electron chi connectivity index (χ3n) is 3.18. The molecule has 0 atom stereocenters. The molecule has 0 aliphatic carbocycles. The average molecular weight is 295 g/mol. The van der Waals surface area contributed by atoms with Crippen molar-refractivity contribution in [2.75, 3.05) is 0 Å². The number of nitrogens with one attached hydrogen (secondary N) is 1. The van der Waals surface area contributed by atoms with E-state index in [0.29, 0.717) is 23.6 Å². The molecule has 0 bridgehead atoms. The first-order valence-electron chi connectivity index (χ1n) is 6.68. The number of aromatic nitrogens is 2. The van der Waals surface area contributed by atoms with Crippen molar-refractivity contribution in [1.82, 2.24) is 9.97 Å². The Bertz CT molecular complexity index is 825. The van der Waals surface area contributed by atoms with Crippen LogP contribution in [0, 0.1) is 10.1 Å². The van der Waals surface area contributed by atoms with Crippen molar-refractivity contribution in [2.45, 2.75) is 6.61 Å². The van der Waals surface area contributed by atoms with Crippen molar-refractivity contribution in [2.24, 2.45) is 0 Å². The van der Waals surface area contributed by atoms with Crippen LogP contribution in [0.3, 0.4) is 0 Å². The molecule has 0 saturated heterocycles.